The van der Waals surface area contributed by atoms with Gasteiger partial charge in [0.15, 0.2) is 0 Å². The second-order valence-corrected chi connectivity index (χ2v) is 5.90. The van der Waals surface area contributed by atoms with Crippen LogP contribution in [0.4, 0.5) is 0 Å². The van der Waals surface area contributed by atoms with Crippen LogP contribution in [0.15, 0.2) is 11.8 Å². The lowest BCUT2D eigenvalue weighted by Crippen LogP contribution is -2.07. The molecule has 2 atom stereocenters. The van der Waals surface area contributed by atoms with Crippen LogP contribution in [0.3, 0.4) is 0 Å². The Morgan fingerprint density at radius 2 is 2.21 bits per heavy atom. The van der Waals surface area contributed by atoms with E-state index < -0.39 is 10.8 Å². The summed E-state index contributed by atoms with van der Waals surface area (Å²) in [7, 11) is -0.559. The molecule has 0 aromatic heterocycles. The van der Waals surface area contributed by atoms with Crippen molar-refractivity contribution in [1.29, 1.82) is 0 Å². The summed E-state index contributed by atoms with van der Waals surface area (Å²) in [6, 6.07) is 0. The molecule has 2 aliphatic rings. The fourth-order valence-electron chi connectivity index (χ4n) is 2.11. The zero-order chi connectivity index (χ0) is 9.80. The van der Waals surface area contributed by atoms with Gasteiger partial charge in [0.05, 0.1) is 12.9 Å². The third-order valence-corrected chi connectivity index (χ3v) is 4.54. The summed E-state index contributed by atoms with van der Waals surface area (Å²) >= 11 is 0. The molecular weight excluding hydrogens is 196 g/mol. The van der Waals surface area contributed by atoms with Crippen LogP contribution in [0.5, 0.6) is 0 Å². The van der Waals surface area contributed by atoms with Crippen molar-refractivity contribution in [2.75, 3.05) is 18.1 Å². The van der Waals surface area contributed by atoms with E-state index in [-0.39, 0.29) is 0 Å². The van der Waals surface area contributed by atoms with E-state index in [1.807, 2.05) is 6.26 Å². The first kappa shape index (κ1) is 10.2. The van der Waals surface area contributed by atoms with E-state index in [4.69, 9.17) is 4.74 Å². The molecule has 1 aliphatic heterocycles. The number of hydrogen-bond acceptors (Lipinski definition) is 2. The number of allylic oxidation sites excluding steroid dienone is 1. The van der Waals surface area contributed by atoms with Gasteiger partial charge in [-0.25, -0.2) is 0 Å². The SMILES string of the molecule is O=S1CCC(COC=C2CCCC2)C1. The summed E-state index contributed by atoms with van der Waals surface area (Å²) in [5.41, 5.74) is 1.46. The van der Waals surface area contributed by atoms with Crippen molar-refractivity contribution < 1.29 is 8.95 Å². The van der Waals surface area contributed by atoms with Gasteiger partial charge in [-0.3, -0.25) is 4.21 Å². The maximum Gasteiger partial charge on any atom is 0.0910 e. The van der Waals surface area contributed by atoms with Crippen LogP contribution in [0.25, 0.3) is 0 Å². The molecule has 1 heterocycles. The van der Waals surface area contributed by atoms with E-state index >= 15 is 0 Å². The summed E-state index contributed by atoms with van der Waals surface area (Å²) in [6.45, 7) is 0.773. The van der Waals surface area contributed by atoms with Crippen LogP contribution in [-0.2, 0) is 15.5 Å². The second kappa shape index (κ2) is 4.96. The maximum absolute atomic E-state index is 11.1. The third-order valence-electron chi connectivity index (χ3n) is 3.00. The largest absolute Gasteiger partial charge is 0.501 e. The Labute approximate surface area is 88.2 Å². The van der Waals surface area contributed by atoms with Crippen molar-refractivity contribution in [3.05, 3.63) is 11.8 Å². The molecule has 2 fully saturated rings. The Morgan fingerprint density at radius 3 is 2.86 bits per heavy atom. The Hall–Kier alpha value is -0.310. The predicted octanol–water partition coefficient (Wildman–Crippen LogP) is 2.23. The van der Waals surface area contributed by atoms with E-state index in [0.29, 0.717) is 5.92 Å². The highest BCUT2D eigenvalue weighted by molar-refractivity contribution is 7.85. The molecule has 80 valence electrons. The van der Waals surface area contributed by atoms with E-state index in [2.05, 4.69) is 0 Å². The quantitative estimate of drug-likeness (QED) is 0.673. The van der Waals surface area contributed by atoms with Crippen molar-refractivity contribution in [2.45, 2.75) is 32.1 Å². The first-order chi connectivity index (χ1) is 6.84. The van der Waals surface area contributed by atoms with E-state index in [0.717, 1.165) is 24.5 Å². The average Bonchev–Trinajstić information content (AvgIpc) is 2.77. The number of ether oxygens (including phenoxy) is 1. The zero-order valence-corrected chi connectivity index (χ0v) is 9.35. The summed E-state index contributed by atoms with van der Waals surface area (Å²) in [5, 5.41) is 0. The van der Waals surface area contributed by atoms with Gasteiger partial charge in [0.2, 0.25) is 0 Å². The minimum atomic E-state index is -0.559. The van der Waals surface area contributed by atoms with Crippen LogP contribution in [0, 0.1) is 5.92 Å². The summed E-state index contributed by atoms with van der Waals surface area (Å²) in [5.74, 6) is 2.27. The van der Waals surface area contributed by atoms with Gasteiger partial charge < -0.3 is 4.74 Å². The number of hydrogen-bond donors (Lipinski definition) is 0. The molecule has 1 saturated heterocycles. The zero-order valence-electron chi connectivity index (χ0n) is 8.54. The molecule has 1 aliphatic carbocycles. The van der Waals surface area contributed by atoms with Crippen molar-refractivity contribution in [3.8, 4) is 0 Å². The standard InChI is InChI=1S/C11H18O2S/c12-14-6-5-11(9-14)8-13-7-10-3-1-2-4-10/h7,11H,1-6,8-9H2. The molecule has 1 saturated carbocycles. The van der Waals surface area contributed by atoms with Crippen molar-refractivity contribution >= 4 is 10.8 Å². The first-order valence-corrected chi connectivity index (χ1v) is 6.98. The lowest BCUT2D eigenvalue weighted by atomic mass is 10.1. The summed E-state index contributed by atoms with van der Waals surface area (Å²) in [4.78, 5) is 0. The first-order valence-electron chi connectivity index (χ1n) is 5.49. The molecule has 0 spiro atoms. The highest BCUT2D eigenvalue weighted by Gasteiger charge is 2.21. The Kier molecular flexibility index (Phi) is 3.62. The van der Waals surface area contributed by atoms with Crippen molar-refractivity contribution in [1.82, 2.24) is 0 Å². The highest BCUT2D eigenvalue weighted by atomic mass is 32.2. The van der Waals surface area contributed by atoms with Gasteiger partial charge in [0.1, 0.15) is 0 Å². The summed E-state index contributed by atoms with van der Waals surface area (Å²) < 4.78 is 16.7. The fourth-order valence-corrected chi connectivity index (χ4v) is 3.66. The molecule has 0 radical (unpaired) electrons. The molecule has 2 unspecified atom stereocenters. The minimum absolute atomic E-state index is 0.536. The molecule has 0 aromatic rings. The van der Waals surface area contributed by atoms with E-state index in [9.17, 15) is 4.21 Å². The van der Waals surface area contributed by atoms with Gasteiger partial charge in [0.25, 0.3) is 0 Å². The molecule has 14 heavy (non-hydrogen) atoms. The van der Waals surface area contributed by atoms with Crippen LogP contribution in [-0.4, -0.2) is 22.3 Å². The van der Waals surface area contributed by atoms with Gasteiger partial charge in [0, 0.05) is 28.2 Å². The molecule has 2 rings (SSSR count). The lowest BCUT2D eigenvalue weighted by molar-refractivity contribution is 0.203. The van der Waals surface area contributed by atoms with Crippen molar-refractivity contribution in [3.63, 3.8) is 0 Å². The van der Waals surface area contributed by atoms with Gasteiger partial charge >= 0.3 is 0 Å². The van der Waals surface area contributed by atoms with Gasteiger partial charge in [-0.05, 0) is 37.7 Å². The number of rotatable bonds is 3. The average molecular weight is 214 g/mol. The van der Waals surface area contributed by atoms with Gasteiger partial charge in [-0.15, -0.1) is 0 Å². The molecule has 0 bridgehead atoms. The molecule has 3 heteroatoms. The maximum atomic E-state index is 11.1. The van der Waals surface area contributed by atoms with Crippen LogP contribution < -0.4 is 0 Å². The predicted molar refractivity (Wildman–Crippen MR) is 58.5 cm³/mol. The molecule has 2 nitrogen and oxygen atoms in total. The van der Waals surface area contributed by atoms with Gasteiger partial charge in [-0.1, -0.05) is 0 Å². The topological polar surface area (TPSA) is 26.3 Å². The Bertz CT molecular complexity index is 240. The van der Waals surface area contributed by atoms with E-state index in [1.54, 1.807) is 0 Å². The van der Waals surface area contributed by atoms with Crippen LogP contribution >= 0.6 is 0 Å². The molecular formula is C11H18O2S. The Balaban J connectivity index is 1.67. The highest BCUT2D eigenvalue weighted by Crippen LogP contribution is 2.24. The minimum Gasteiger partial charge on any atom is -0.501 e. The van der Waals surface area contributed by atoms with Crippen LogP contribution in [0.1, 0.15) is 32.1 Å². The smallest absolute Gasteiger partial charge is 0.0910 e. The molecule has 0 aromatic carbocycles. The van der Waals surface area contributed by atoms with Crippen LogP contribution in [0.2, 0.25) is 0 Å². The third kappa shape index (κ3) is 2.84. The van der Waals surface area contributed by atoms with Crippen molar-refractivity contribution in [2.24, 2.45) is 5.92 Å². The molecule has 0 amide bonds. The van der Waals surface area contributed by atoms with Gasteiger partial charge in [-0.2, -0.15) is 0 Å². The van der Waals surface area contributed by atoms with E-state index in [1.165, 1.54) is 31.3 Å². The normalized spacial score (nSPS) is 32.1. The monoisotopic (exact) mass is 214 g/mol. The second-order valence-electron chi connectivity index (χ2n) is 4.28. The molecule has 0 N–H and O–H groups in total. The lowest BCUT2D eigenvalue weighted by Gasteiger charge is -2.07. The summed E-state index contributed by atoms with van der Waals surface area (Å²) in [6.07, 6.45) is 8.11. The Morgan fingerprint density at radius 1 is 1.43 bits per heavy atom. The fraction of sp³-hybridized carbons (Fsp3) is 0.818.